The minimum atomic E-state index is -0.985. The highest BCUT2D eigenvalue weighted by Crippen LogP contribution is 2.02. The molecule has 0 radical (unpaired) electrons. The van der Waals surface area contributed by atoms with Crippen molar-refractivity contribution in [2.75, 3.05) is 13.2 Å². The molecule has 0 unspecified atom stereocenters. The Balaban J connectivity index is 2.59. The molecule has 0 spiro atoms. The van der Waals surface area contributed by atoms with Crippen LogP contribution in [0.4, 0.5) is 0 Å². The molecule has 116 valence electrons. The average molecular weight is 296 g/mol. The number of rotatable bonds is 8. The first-order valence-corrected chi connectivity index (χ1v) is 6.71. The van der Waals surface area contributed by atoms with Crippen LogP contribution < -0.4 is 15.6 Å². The van der Waals surface area contributed by atoms with E-state index in [0.717, 1.165) is 0 Å². The Bertz CT molecular complexity index is 551. The third-order valence-corrected chi connectivity index (χ3v) is 2.62. The number of ether oxygens (including phenoxy) is 1. The van der Waals surface area contributed by atoms with Crippen LogP contribution in [0.25, 0.3) is 0 Å². The van der Waals surface area contributed by atoms with Crippen LogP contribution in [0.1, 0.15) is 20.3 Å². The molecule has 7 heteroatoms. The molecule has 1 aromatic rings. The van der Waals surface area contributed by atoms with E-state index < -0.39 is 11.5 Å². The lowest BCUT2D eigenvalue weighted by Crippen LogP contribution is -2.33. The summed E-state index contributed by atoms with van der Waals surface area (Å²) in [6.07, 6.45) is 1.33. The number of aliphatic carboxylic acids is 1. The van der Waals surface area contributed by atoms with Gasteiger partial charge in [-0.25, -0.2) is 0 Å². The maximum Gasteiger partial charge on any atom is 0.305 e. The zero-order valence-electron chi connectivity index (χ0n) is 12.2. The number of pyridine rings is 1. The van der Waals surface area contributed by atoms with Gasteiger partial charge in [0, 0.05) is 19.3 Å². The summed E-state index contributed by atoms with van der Waals surface area (Å²) in [4.78, 5) is 34.0. The number of carbonyl (C=O) groups is 2. The van der Waals surface area contributed by atoms with E-state index >= 15 is 0 Å². The third kappa shape index (κ3) is 6.11. The molecule has 21 heavy (non-hydrogen) atoms. The van der Waals surface area contributed by atoms with Gasteiger partial charge in [0.15, 0.2) is 12.4 Å². The van der Waals surface area contributed by atoms with Gasteiger partial charge in [-0.3, -0.25) is 14.4 Å². The molecule has 1 aromatic heterocycles. The van der Waals surface area contributed by atoms with E-state index in [1.165, 1.54) is 16.8 Å². The minimum absolute atomic E-state index is 0.0302. The Hall–Kier alpha value is -2.31. The van der Waals surface area contributed by atoms with Crippen molar-refractivity contribution in [1.29, 1.82) is 0 Å². The molecule has 1 amide bonds. The van der Waals surface area contributed by atoms with E-state index in [-0.39, 0.29) is 31.2 Å². The number of nitrogens with zero attached hydrogens (tertiary/aromatic N) is 1. The second-order valence-corrected chi connectivity index (χ2v) is 5.00. The van der Waals surface area contributed by atoms with Crippen LogP contribution in [-0.4, -0.2) is 34.7 Å². The first kappa shape index (κ1) is 16.7. The van der Waals surface area contributed by atoms with Crippen LogP contribution in [0.15, 0.2) is 23.1 Å². The molecule has 0 aliphatic carbocycles. The SMILES string of the molecule is CC(C)CNC(=O)COc1cccn(CCC(=O)O)c1=O. The molecule has 0 saturated carbocycles. The predicted octanol–water partition coefficient (Wildman–Crippen LogP) is 0.474. The van der Waals surface area contributed by atoms with Crippen molar-refractivity contribution in [3.8, 4) is 5.75 Å². The largest absolute Gasteiger partial charge is 0.481 e. The highest BCUT2D eigenvalue weighted by molar-refractivity contribution is 5.77. The van der Waals surface area contributed by atoms with Gasteiger partial charge >= 0.3 is 5.97 Å². The van der Waals surface area contributed by atoms with E-state index in [2.05, 4.69) is 5.32 Å². The lowest BCUT2D eigenvalue weighted by atomic mass is 10.2. The van der Waals surface area contributed by atoms with Crippen LogP contribution in [0, 0.1) is 5.92 Å². The summed E-state index contributed by atoms with van der Waals surface area (Å²) >= 11 is 0. The number of hydrogen-bond acceptors (Lipinski definition) is 4. The minimum Gasteiger partial charge on any atom is -0.481 e. The van der Waals surface area contributed by atoms with Gasteiger partial charge in [-0.2, -0.15) is 0 Å². The van der Waals surface area contributed by atoms with E-state index in [1.54, 1.807) is 6.07 Å². The molecular formula is C14H20N2O5. The van der Waals surface area contributed by atoms with Crippen molar-refractivity contribution in [3.63, 3.8) is 0 Å². The van der Waals surface area contributed by atoms with Gasteiger partial charge in [0.2, 0.25) is 0 Å². The summed E-state index contributed by atoms with van der Waals surface area (Å²) in [7, 11) is 0. The molecule has 0 fully saturated rings. The number of aromatic nitrogens is 1. The van der Waals surface area contributed by atoms with E-state index in [4.69, 9.17) is 9.84 Å². The van der Waals surface area contributed by atoms with Crippen LogP contribution >= 0.6 is 0 Å². The van der Waals surface area contributed by atoms with Gasteiger partial charge in [0.1, 0.15) is 0 Å². The van der Waals surface area contributed by atoms with Crippen molar-refractivity contribution in [1.82, 2.24) is 9.88 Å². The van der Waals surface area contributed by atoms with Crippen molar-refractivity contribution < 1.29 is 19.4 Å². The van der Waals surface area contributed by atoms with Crippen molar-refractivity contribution in [3.05, 3.63) is 28.7 Å². The summed E-state index contributed by atoms with van der Waals surface area (Å²) in [5, 5.41) is 11.3. The van der Waals surface area contributed by atoms with Crippen molar-refractivity contribution in [2.24, 2.45) is 5.92 Å². The number of carboxylic acid groups (broad SMARTS) is 1. The zero-order valence-corrected chi connectivity index (χ0v) is 12.2. The second-order valence-electron chi connectivity index (χ2n) is 5.00. The molecule has 0 saturated heterocycles. The maximum absolute atomic E-state index is 12.0. The monoisotopic (exact) mass is 296 g/mol. The zero-order chi connectivity index (χ0) is 15.8. The molecule has 1 heterocycles. The van der Waals surface area contributed by atoms with Crippen LogP contribution in [0.5, 0.6) is 5.75 Å². The lowest BCUT2D eigenvalue weighted by Gasteiger charge is -2.10. The highest BCUT2D eigenvalue weighted by Gasteiger charge is 2.08. The van der Waals surface area contributed by atoms with Gasteiger partial charge in [-0.15, -0.1) is 0 Å². The molecule has 1 rings (SSSR count). The summed E-state index contributed by atoms with van der Waals surface area (Å²) in [5.41, 5.74) is -0.449. The van der Waals surface area contributed by atoms with E-state index in [1.807, 2.05) is 13.8 Å². The van der Waals surface area contributed by atoms with Gasteiger partial charge < -0.3 is 19.7 Å². The van der Waals surface area contributed by atoms with E-state index in [9.17, 15) is 14.4 Å². The van der Waals surface area contributed by atoms with Crippen molar-refractivity contribution in [2.45, 2.75) is 26.8 Å². The Morgan fingerprint density at radius 2 is 2.14 bits per heavy atom. The number of nitrogens with one attached hydrogen (secondary N) is 1. The molecular weight excluding hydrogens is 276 g/mol. The number of carbonyl (C=O) groups excluding carboxylic acids is 1. The number of hydrogen-bond donors (Lipinski definition) is 2. The van der Waals surface area contributed by atoms with Crippen LogP contribution in [-0.2, 0) is 16.1 Å². The molecule has 2 N–H and O–H groups in total. The maximum atomic E-state index is 12.0. The number of amides is 1. The Morgan fingerprint density at radius 1 is 1.43 bits per heavy atom. The lowest BCUT2D eigenvalue weighted by molar-refractivity contribution is -0.137. The molecule has 0 aliphatic heterocycles. The normalized spacial score (nSPS) is 10.4. The second kappa shape index (κ2) is 8.08. The summed E-state index contributed by atoms with van der Waals surface area (Å²) in [6, 6.07) is 3.03. The van der Waals surface area contributed by atoms with E-state index in [0.29, 0.717) is 12.5 Å². The fourth-order valence-corrected chi connectivity index (χ4v) is 1.53. The molecule has 0 bridgehead atoms. The Morgan fingerprint density at radius 3 is 2.76 bits per heavy atom. The number of carboxylic acids is 1. The van der Waals surface area contributed by atoms with Crippen LogP contribution in [0.3, 0.4) is 0 Å². The van der Waals surface area contributed by atoms with Gasteiger partial charge in [-0.1, -0.05) is 13.8 Å². The average Bonchev–Trinajstić information content (AvgIpc) is 2.42. The van der Waals surface area contributed by atoms with Crippen molar-refractivity contribution >= 4 is 11.9 Å². The quantitative estimate of drug-likeness (QED) is 0.727. The topological polar surface area (TPSA) is 97.6 Å². The molecule has 0 atom stereocenters. The fourth-order valence-electron chi connectivity index (χ4n) is 1.53. The van der Waals surface area contributed by atoms with Gasteiger partial charge in [0.05, 0.1) is 6.42 Å². The van der Waals surface area contributed by atoms with Gasteiger partial charge in [-0.05, 0) is 18.1 Å². The highest BCUT2D eigenvalue weighted by atomic mass is 16.5. The van der Waals surface area contributed by atoms with Crippen LogP contribution in [0.2, 0.25) is 0 Å². The summed E-state index contributed by atoms with van der Waals surface area (Å²) in [5.74, 6) is -0.924. The Kier molecular flexibility index (Phi) is 6.45. The fraction of sp³-hybridized carbons (Fsp3) is 0.500. The molecule has 0 aromatic carbocycles. The number of aryl methyl sites for hydroxylation is 1. The molecule has 7 nitrogen and oxygen atoms in total. The molecule has 0 aliphatic rings. The first-order chi connectivity index (χ1) is 9.90. The first-order valence-electron chi connectivity index (χ1n) is 6.71. The predicted molar refractivity (Wildman–Crippen MR) is 76.3 cm³/mol. The smallest absolute Gasteiger partial charge is 0.305 e. The summed E-state index contributed by atoms with van der Waals surface area (Å²) < 4.78 is 6.43. The standard InChI is InChI=1S/C14H20N2O5/c1-10(2)8-15-12(17)9-21-11-4-3-6-16(14(11)20)7-5-13(18)19/h3-4,6,10H,5,7-9H2,1-2H3,(H,15,17)(H,18,19). The van der Waals surface area contributed by atoms with Gasteiger partial charge in [0.25, 0.3) is 11.5 Å². The Labute approximate surface area is 122 Å². The summed E-state index contributed by atoms with van der Waals surface area (Å²) in [6.45, 7) is 4.30. The third-order valence-electron chi connectivity index (χ3n) is 2.62.